The first-order valence-electron chi connectivity index (χ1n) is 9.14. The Balaban J connectivity index is 1.79. The van der Waals surface area contributed by atoms with Gasteiger partial charge in [0.2, 0.25) is 0 Å². The Hall–Kier alpha value is -3.28. The van der Waals surface area contributed by atoms with E-state index in [0.29, 0.717) is 28.5 Å². The lowest BCUT2D eigenvalue weighted by molar-refractivity contribution is 0.402. The molecule has 0 radical (unpaired) electrons. The third-order valence-electron chi connectivity index (χ3n) is 5.46. The van der Waals surface area contributed by atoms with E-state index < -0.39 is 0 Å². The van der Waals surface area contributed by atoms with Crippen LogP contribution in [0.2, 0.25) is 0 Å². The second-order valence-electron chi connectivity index (χ2n) is 7.12. The lowest BCUT2D eigenvalue weighted by Crippen LogP contribution is -2.11. The van der Waals surface area contributed by atoms with Crippen molar-refractivity contribution in [2.24, 2.45) is 5.10 Å². The van der Waals surface area contributed by atoms with Crippen LogP contribution in [0.4, 0.5) is 0 Å². The van der Waals surface area contributed by atoms with Crippen molar-refractivity contribution in [2.75, 3.05) is 7.11 Å². The maximum Gasteiger partial charge on any atom is 0.339 e. The van der Waals surface area contributed by atoms with Crippen molar-refractivity contribution in [3.05, 3.63) is 68.6 Å². The molecule has 2 heterocycles. The van der Waals surface area contributed by atoms with Gasteiger partial charge in [-0.1, -0.05) is 18.2 Å². The third-order valence-corrected chi connectivity index (χ3v) is 5.46. The van der Waals surface area contributed by atoms with Gasteiger partial charge in [0, 0.05) is 23.1 Å². The number of benzene rings is 2. The van der Waals surface area contributed by atoms with Crippen molar-refractivity contribution in [2.45, 2.75) is 33.2 Å². The number of para-hydroxylation sites is 1. The lowest BCUT2D eigenvalue weighted by Gasteiger charge is -2.15. The Labute approximate surface area is 162 Å². The summed E-state index contributed by atoms with van der Waals surface area (Å²) in [5.74, 6) is 0.893. The molecular weight excluding hydrogens is 356 g/mol. The number of fused-ring (bicyclic) bond motifs is 1. The van der Waals surface area contributed by atoms with Gasteiger partial charge in [0.25, 0.3) is 0 Å². The van der Waals surface area contributed by atoms with Crippen molar-refractivity contribution < 1.29 is 14.3 Å². The van der Waals surface area contributed by atoms with Crippen LogP contribution in [0, 0.1) is 20.8 Å². The van der Waals surface area contributed by atoms with E-state index in [1.54, 1.807) is 20.1 Å². The van der Waals surface area contributed by atoms with Crippen LogP contribution < -0.4 is 15.8 Å². The van der Waals surface area contributed by atoms with Gasteiger partial charge in [0.05, 0.1) is 24.2 Å². The first kappa shape index (κ1) is 18.1. The Morgan fingerprint density at radius 1 is 1.21 bits per heavy atom. The zero-order chi connectivity index (χ0) is 20.0. The van der Waals surface area contributed by atoms with Crippen LogP contribution in [-0.4, -0.2) is 17.9 Å². The summed E-state index contributed by atoms with van der Waals surface area (Å²) in [5.41, 5.74) is 7.63. The molecule has 0 saturated carbocycles. The molecular formula is C22H22N2O4. The number of aromatic hydroxyl groups is 1. The summed E-state index contributed by atoms with van der Waals surface area (Å²) in [6.45, 7) is 5.40. The molecule has 28 heavy (non-hydrogen) atoms. The minimum Gasteiger partial charge on any atom is -0.506 e. The molecule has 0 amide bonds. The van der Waals surface area contributed by atoms with Gasteiger partial charge in [-0.2, -0.15) is 5.10 Å². The van der Waals surface area contributed by atoms with E-state index in [-0.39, 0.29) is 17.4 Å². The predicted molar refractivity (Wildman–Crippen MR) is 108 cm³/mol. The summed E-state index contributed by atoms with van der Waals surface area (Å²) in [4.78, 5) is 12.0. The quantitative estimate of drug-likeness (QED) is 0.676. The van der Waals surface area contributed by atoms with Gasteiger partial charge >= 0.3 is 5.63 Å². The molecule has 6 heteroatoms. The van der Waals surface area contributed by atoms with Crippen molar-refractivity contribution >= 4 is 16.7 Å². The standard InChI is InChI=1S/C22H22N2O4/c1-11-9-18-20(12(2)13(3)22(26)28-18)21(25)19(11)16-10-15(23-24-16)14-7-5-6-8-17(14)27-4/h5-9,15,23,25H,10H2,1-4H3. The van der Waals surface area contributed by atoms with Crippen LogP contribution in [0.25, 0.3) is 11.0 Å². The molecule has 0 saturated heterocycles. The molecule has 1 unspecified atom stereocenters. The van der Waals surface area contributed by atoms with Gasteiger partial charge < -0.3 is 19.7 Å². The second kappa shape index (κ2) is 6.71. The van der Waals surface area contributed by atoms with Gasteiger partial charge in [0.1, 0.15) is 17.1 Å². The van der Waals surface area contributed by atoms with Crippen LogP contribution >= 0.6 is 0 Å². The number of ether oxygens (including phenoxy) is 1. The van der Waals surface area contributed by atoms with Gasteiger partial charge in [-0.3, -0.25) is 0 Å². The predicted octanol–water partition coefficient (Wildman–Crippen LogP) is 3.87. The molecule has 1 aromatic heterocycles. The number of phenols is 1. The fraction of sp³-hybridized carbons (Fsp3) is 0.273. The Morgan fingerprint density at radius 2 is 1.96 bits per heavy atom. The molecule has 3 aromatic rings. The van der Waals surface area contributed by atoms with E-state index in [1.165, 1.54) is 0 Å². The SMILES string of the molecule is COc1ccccc1C1CC(c2c(C)cc3oc(=O)c(C)c(C)c3c2O)=NN1. The molecule has 2 aromatic carbocycles. The largest absolute Gasteiger partial charge is 0.506 e. The van der Waals surface area contributed by atoms with E-state index in [0.717, 1.165) is 28.2 Å². The molecule has 1 aliphatic rings. The number of nitrogens with one attached hydrogen (secondary N) is 1. The molecule has 0 fully saturated rings. The van der Waals surface area contributed by atoms with Gasteiger partial charge in [-0.25, -0.2) is 4.79 Å². The second-order valence-corrected chi connectivity index (χ2v) is 7.12. The monoisotopic (exact) mass is 378 g/mol. The minimum absolute atomic E-state index is 0.0443. The van der Waals surface area contributed by atoms with Crippen molar-refractivity contribution in [1.29, 1.82) is 0 Å². The minimum atomic E-state index is -0.382. The molecule has 1 aliphatic heterocycles. The van der Waals surface area contributed by atoms with E-state index in [2.05, 4.69) is 10.5 Å². The van der Waals surface area contributed by atoms with Gasteiger partial charge in [-0.05, 0) is 44.0 Å². The van der Waals surface area contributed by atoms with E-state index in [1.807, 2.05) is 38.1 Å². The number of hydrogen-bond donors (Lipinski definition) is 2. The number of phenolic OH excluding ortho intramolecular Hbond substituents is 1. The fourth-order valence-electron chi connectivity index (χ4n) is 3.83. The molecule has 4 rings (SSSR count). The number of aryl methyl sites for hydroxylation is 2. The van der Waals surface area contributed by atoms with E-state index in [9.17, 15) is 9.90 Å². The molecule has 0 aliphatic carbocycles. The summed E-state index contributed by atoms with van der Waals surface area (Å²) in [6.07, 6.45) is 0.606. The highest BCUT2D eigenvalue weighted by Gasteiger charge is 2.28. The molecule has 144 valence electrons. The Bertz CT molecular complexity index is 1180. The number of rotatable bonds is 3. The van der Waals surface area contributed by atoms with Crippen LogP contribution in [0.15, 0.2) is 44.6 Å². The van der Waals surface area contributed by atoms with Crippen LogP contribution in [0.5, 0.6) is 11.5 Å². The van der Waals surface area contributed by atoms with Crippen LogP contribution in [0.3, 0.4) is 0 Å². The smallest absolute Gasteiger partial charge is 0.339 e. The zero-order valence-electron chi connectivity index (χ0n) is 16.3. The summed E-state index contributed by atoms with van der Waals surface area (Å²) in [5, 5.41) is 16.1. The van der Waals surface area contributed by atoms with E-state index >= 15 is 0 Å². The van der Waals surface area contributed by atoms with Crippen molar-refractivity contribution in [3.8, 4) is 11.5 Å². The summed E-state index contributed by atoms with van der Waals surface area (Å²) >= 11 is 0. The summed E-state index contributed by atoms with van der Waals surface area (Å²) in [6, 6.07) is 9.56. The van der Waals surface area contributed by atoms with Crippen LogP contribution in [0.1, 0.15) is 40.3 Å². The number of hydrogen-bond acceptors (Lipinski definition) is 6. The Morgan fingerprint density at radius 3 is 2.71 bits per heavy atom. The molecule has 0 bridgehead atoms. The van der Waals surface area contributed by atoms with Gasteiger partial charge in [-0.15, -0.1) is 0 Å². The highest BCUT2D eigenvalue weighted by Crippen LogP contribution is 2.38. The first-order chi connectivity index (χ1) is 13.4. The first-order valence-corrected chi connectivity index (χ1v) is 9.14. The average Bonchev–Trinajstić information content (AvgIpc) is 3.15. The van der Waals surface area contributed by atoms with Crippen molar-refractivity contribution in [1.82, 2.24) is 5.43 Å². The average molecular weight is 378 g/mol. The third kappa shape index (κ3) is 2.72. The summed E-state index contributed by atoms with van der Waals surface area (Å²) < 4.78 is 10.8. The molecule has 6 nitrogen and oxygen atoms in total. The molecule has 1 atom stereocenters. The number of methoxy groups -OCH3 is 1. The lowest BCUT2D eigenvalue weighted by atomic mass is 9.92. The number of hydrazone groups is 1. The number of nitrogens with zero attached hydrogens (tertiary/aromatic N) is 1. The maximum absolute atomic E-state index is 12.0. The zero-order valence-corrected chi connectivity index (χ0v) is 16.3. The highest BCUT2D eigenvalue weighted by molar-refractivity contribution is 6.09. The summed E-state index contributed by atoms with van der Waals surface area (Å²) in [7, 11) is 1.65. The topological polar surface area (TPSA) is 84.1 Å². The normalized spacial score (nSPS) is 16.1. The van der Waals surface area contributed by atoms with E-state index in [4.69, 9.17) is 9.15 Å². The highest BCUT2D eigenvalue weighted by atomic mass is 16.5. The maximum atomic E-state index is 12.0. The van der Waals surface area contributed by atoms with Gasteiger partial charge in [0.15, 0.2) is 0 Å². The van der Waals surface area contributed by atoms with Crippen LogP contribution in [-0.2, 0) is 0 Å². The Kier molecular flexibility index (Phi) is 4.34. The molecule has 2 N–H and O–H groups in total. The fourth-order valence-corrected chi connectivity index (χ4v) is 3.83. The van der Waals surface area contributed by atoms with Crippen molar-refractivity contribution in [3.63, 3.8) is 0 Å². The molecule has 0 spiro atoms.